The number of aromatic nitrogens is 3. The maximum absolute atomic E-state index is 11.8. The van der Waals surface area contributed by atoms with E-state index in [2.05, 4.69) is 20.5 Å². The van der Waals surface area contributed by atoms with E-state index in [0.29, 0.717) is 12.1 Å². The number of carbonyl (C=O) groups is 1. The number of aromatic amines is 1. The maximum Gasteiger partial charge on any atom is 0.224 e. The lowest BCUT2D eigenvalue weighted by Gasteiger charge is -2.08. The van der Waals surface area contributed by atoms with Gasteiger partial charge in [0.15, 0.2) is 5.16 Å². The van der Waals surface area contributed by atoms with Gasteiger partial charge in [-0.1, -0.05) is 11.8 Å². The Labute approximate surface area is 121 Å². The number of rotatable bonds is 6. The van der Waals surface area contributed by atoms with Crippen LogP contribution < -0.4 is 11.1 Å². The van der Waals surface area contributed by atoms with Gasteiger partial charge in [0, 0.05) is 23.5 Å². The zero-order valence-corrected chi connectivity index (χ0v) is 12.0. The highest BCUT2D eigenvalue weighted by Crippen LogP contribution is 2.18. The van der Waals surface area contributed by atoms with Gasteiger partial charge in [-0.25, -0.2) is 4.98 Å². The Bertz CT molecular complexity index is 570. The third-order valence-corrected chi connectivity index (χ3v) is 3.67. The summed E-state index contributed by atoms with van der Waals surface area (Å²) in [5.74, 6) is 0.833. The number of carbonyl (C=O) groups excluding carboxylic acids is 1. The molecule has 1 heterocycles. The SMILES string of the molecule is Cc1cc(N)ccc1NC(=O)CCCSc1ncn[nH]1. The van der Waals surface area contributed by atoms with Crippen LogP contribution in [-0.2, 0) is 4.79 Å². The molecule has 0 saturated carbocycles. The van der Waals surface area contributed by atoms with Crippen LogP contribution in [0.3, 0.4) is 0 Å². The number of hydrogen-bond donors (Lipinski definition) is 3. The highest BCUT2D eigenvalue weighted by Gasteiger charge is 2.05. The van der Waals surface area contributed by atoms with Gasteiger partial charge >= 0.3 is 0 Å². The van der Waals surface area contributed by atoms with E-state index in [9.17, 15) is 4.79 Å². The average Bonchev–Trinajstić information content (AvgIpc) is 2.91. The molecular formula is C13H17N5OS. The molecule has 1 amide bonds. The number of benzene rings is 1. The van der Waals surface area contributed by atoms with Crippen LogP contribution in [0.15, 0.2) is 29.7 Å². The number of nitrogens with zero attached hydrogens (tertiary/aromatic N) is 2. The largest absolute Gasteiger partial charge is 0.399 e. The molecule has 0 saturated heterocycles. The number of thioether (sulfide) groups is 1. The van der Waals surface area contributed by atoms with Crippen molar-refractivity contribution in [1.29, 1.82) is 0 Å². The summed E-state index contributed by atoms with van der Waals surface area (Å²) in [6, 6.07) is 5.45. The van der Waals surface area contributed by atoms with Gasteiger partial charge < -0.3 is 11.1 Å². The second-order valence-corrected chi connectivity index (χ2v) is 5.45. The summed E-state index contributed by atoms with van der Waals surface area (Å²) in [5, 5.41) is 10.2. The number of nitrogens with one attached hydrogen (secondary N) is 2. The van der Waals surface area contributed by atoms with E-state index in [1.807, 2.05) is 19.1 Å². The van der Waals surface area contributed by atoms with Gasteiger partial charge in [-0.05, 0) is 37.1 Å². The summed E-state index contributed by atoms with van der Waals surface area (Å²) in [5.41, 5.74) is 8.15. The lowest BCUT2D eigenvalue weighted by Crippen LogP contribution is -2.12. The zero-order chi connectivity index (χ0) is 14.4. The highest BCUT2D eigenvalue weighted by molar-refractivity contribution is 7.99. The minimum Gasteiger partial charge on any atom is -0.399 e. The smallest absolute Gasteiger partial charge is 0.224 e. The molecule has 1 aromatic carbocycles. The van der Waals surface area contributed by atoms with E-state index in [1.54, 1.807) is 17.8 Å². The van der Waals surface area contributed by atoms with Gasteiger partial charge in [-0.2, -0.15) is 5.10 Å². The van der Waals surface area contributed by atoms with Crippen molar-refractivity contribution >= 4 is 29.0 Å². The van der Waals surface area contributed by atoms with Crippen LogP contribution in [0.5, 0.6) is 0 Å². The first-order valence-electron chi connectivity index (χ1n) is 6.29. The van der Waals surface area contributed by atoms with Crippen LogP contribution in [0.25, 0.3) is 0 Å². The van der Waals surface area contributed by atoms with Crippen molar-refractivity contribution in [3.8, 4) is 0 Å². The van der Waals surface area contributed by atoms with Crippen LogP contribution in [0.4, 0.5) is 11.4 Å². The van der Waals surface area contributed by atoms with Gasteiger partial charge in [0.1, 0.15) is 6.33 Å². The van der Waals surface area contributed by atoms with Crippen LogP contribution in [0.1, 0.15) is 18.4 Å². The van der Waals surface area contributed by atoms with Crippen LogP contribution in [0.2, 0.25) is 0 Å². The van der Waals surface area contributed by atoms with Crippen molar-refractivity contribution in [3.63, 3.8) is 0 Å². The fourth-order valence-corrected chi connectivity index (χ4v) is 2.43. The first kappa shape index (κ1) is 14.4. The lowest BCUT2D eigenvalue weighted by atomic mass is 10.1. The Balaban J connectivity index is 1.72. The fraction of sp³-hybridized carbons (Fsp3) is 0.308. The van der Waals surface area contributed by atoms with Crippen LogP contribution in [0, 0.1) is 6.92 Å². The Morgan fingerprint density at radius 1 is 1.50 bits per heavy atom. The minimum atomic E-state index is 0.0102. The van der Waals surface area contributed by atoms with Gasteiger partial charge in [0.25, 0.3) is 0 Å². The molecule has 0 spiro atoms. The Kier molecular flexibility index (Phi) is 5.00. The molecule has 0 aliphatic carbocycles. The van der Waals surface area contributed by atoms with E-state index in [-0.39, 0.29) is 5.91 Å². The third-order valence-electron chi connectivity index (χ3n) is 2.70. The van der Waals surface area contributed by atoms with E-state index in [4.69, 9.17) is 5.73 Å². The molecule has 20 heavy (non-hydrogen) atoms. The number of hydrogen-bond acceptors (Lipinski definition) is 5. The molecular weight excluding hydrogens is 274 g/mol. The Morgan fingerprint density at radius 3 is 3.05 bits per heavy atom. The van der Waals surface area contributed by atoms with E-state index < -0.39 is 0 Å². The summed E-state index contributed by atoms with van der Waals surface area (Å²) in [4.78, 5) is 15.8. The van der Waals surface area contributed by atoms with Crippen molar-refractivity contribution in [2.75, 3.05) is 16.8 Å². The van der Waals surface area contributed by atoms with Crippen molar-refractivity contribution in [3.05, 3.63) is 30.1 Å². The van der Waals surface area contributed by atoms with Gasteiger partial charge in [-0.15, -0.1) is 0 Å². The van der Waals surface area contributed by atoms with E-state index >= 15 is 0 Å². The summed E-state index contributed by atoms with van der Waals surface area (Å²) in [6.07, 6.45) is 2.73. The maximum atomic E-state index is 11.8. The molecule has 2 aromatic rings. The number of amides is 1. The molecule has 1 aromatic heterocycles. The van der Waals surface area contributed by atoms with Crippen molar-refractivity contribution in [2.24, 2.45) is 0 Å². The molecule has 2 rings (SSSR count). The molecule has 0 unspecified atom stereocenters. The number of anilines is 2. The molecule has 0 aliphatic heterocycles. The van der Waals surface area contributed by atoms with E-state index in [0.717, 1.165) is 28.6 Å². The number of nitrogen functional groups attached to an aromatic ring is 1. The molecule has 4 N–H and O–H groups in total. The second kappa shape index (κ2) is 6.95. The standard InChI is InChI=1S/C13H17N5OS/c1-9-7-10(14)4-5-11(9)17-12(19)3-2-6-20-13-15-8-16-18-13/h4-5,7-8H,2-3,6,14H2,1H3,(H,17,19)(H,15,16,18). The topological polar surface area (TPSA) is 96.7 Å². The molecule has 0 bridgehead atoms. The molecule has 0 atom stereocenters. The fourth-order valence-electron chi connectivity index (χ4n) is 1.71. The van der Waals surface area contributed by atoms with Crippen molar-refractivity contribution in [1.82, 2.24) is 15.2 Å². The molecule has 0 radical (unpaired) electrons. The predicted octanol–water partition coefficient (Wildman–Crippen LogP) is 2.21. The van der Waals surface area contributed by atoms with E-state index in [1.165, 1.54) is 6.33 Å². The van der Waals surface area contributed by atoms with Crippen molar-refractivity contribution < 1.29 is 4.79 Å². The normalized spacial score (nSPS) is 10.4. The van der Waals surface area contributed by atoms with Crippen molar-refractivity contribution in [2.45, 2.75) is 24.9 Å². The summed E-state index contributed by atoms with van der Waals surface area (Å²) < 4.78 is 0. The second-order valence-electron chi connectivity index (χ2n) is 4.37. The lowest BCUT2D eigenvalue weighted by molar-refractivity contribution is -0.116. The molecule has 106 valence electrons. The quantitative estimate of drug-likeness (QED) is 0.431. The average molecular weight is 291 g/mol. The molecule has 7 heteroatoms. The summed E-state index contributed by atoms with van der Waals surface area (Å²) in [7, 11) is 0. The molecule has 0 aliphatic rings. The van der Waals surface area contributed by atoms with Gasteiger partial charge in [0.05, 0.1) is 0 Å². The Hall–Kier alpha value is -2.02. The van der Waals surface area contributed by atoms with Gasteiger partial charge in [-0.3, -0.25) is 9.89 Å². The molecule has 6 nitrogen and oxygen atoms in total. The minimum absolute atomic E-state index is 0.0102. The first-order chi connectivity index (χ1) is 9.65. The third kappa shape index (κ3) is 4.27. The predicted molar refractivity (Wildman–Crippen MR) is 80.6 cm³/mol. The number of H-pyrrole nitrogens is 1. The first-order valence-corrected chi connectivity index (χ1v) is 7.28. The number of aryl methyl sites for hydroxylation is 1. The summed E-state index contributed by atoms with van der Waals surface area (Å²) in [6.45, 7) is 1.92. The molecule has 0 fully saturated rings. The Morgan fingerprint density at radius 2 is 2.35 bits per heavy atom. The zero-order valence-electron chi connectivity index (χ0n) is 11.2. The van der Waals surface area contributed by atoms with Gasteiger partial charge in [0.2, 0.25) is 5.91 Å². The summed E-state index contributed by atoms with van der Waals surface area (Å²) >= 11 is 1.55. The highest BCUT2D eigenvalue weighted by atomic mass is 32.2. The monoisotopic (exact) mass is 291 g/mol. The van der Waals surface area contributed by atoms with Crippen LogP contribution in [-0.4, -0.2) is 26.8 Å². The number of nitrogens with two attached hydrogens (primary N) is 1. The van der Waals surface area contributed by atoms with Crippen LogP contribution >= 0.6 is 11.8 Å².